The summed E-state index contributed by atoms with van der Waals surface area (Å²) in [6.45, 7) is 0.0527. The molecule has 2 heterocycles. The fourth-order valence-corrected chi connectivity index (χ4v) is 4.59. The highest BCUT2D eigenvalue weighted by Crippen LogP contribution is 2.24. The van der Waals surface area contributed by atoms with Crippen molar-refractivity contribution in [3.63, 3.8) is 0 Å². The highest BCUT2D eigenvalue weighted by molar-refractivity contribution is 5.95. The zero-order valence-corrected chi connectivity index (χ0v) is 20.3. The average Bonchev–Trinajstić information content (AvgIpc) is 3.46. The number of hydrogen-bond acceptors (Lipinski definition) is 5. The monoisotopic (exact) mass is 488 g/mol. The second-order valence-corrected chi connectivity index (χ2v) is 9.01. The Morgan fingerprint density at radius 3 is 2.42 bits per heavy atom. The van der Waals surface area contributed by atoms with Crippen LogP contribution in [-0.4, -0.2) is 46.7 Å². The van der Waals surface area contributed by atoms with Gasteiger partial charge in [-0.2, -0.15) is 0 Å². The molecule has 1 aromatic carbocycles. The molecule has 36 heavy (non-hydrogen) atoms. The molecule has 1 atom stereocenters. The normalized spacial score (nSPS) is 14.6. The van der Waals surface area contributed by atoms with Crippen molar-refractivity contribution < 1.29 is 18.8 Å². The van der Waals surface area contributed by atoms with Gasteiger partial charge < -0.3 is 20.0 Å². The number of amides is 3. The second-order valence-electron chi connectivity index (χ2n) is 9.01. The highest BCUT2D eigenvalue weighted by Gasteiger charge is 2.33. The predicted octanol–water partition coefficient (Wildman–Crippen LogP) is 3.67. The molecule has 2 N–H and O–H groups in total. The van der Waals surface area contributed by atoms with Gasteiger partial charge in [-0.15, -0.1) is 0 Å². The third-order valence-electron chi connectivity index (χ3n) is 6.48. The Kier molecular flexibility index (Phi) is 8.86. The van der Waals surface area contributed by atoms with Crippen LogP contribution >= 0.6 is 0 Å². The van der Waals surface area contributed by atoms with E-state index in [0.29, 0.717) is 18.5 Å². The molecule has 3 amide bonds. The molecular weight excluding hydrogens is 456 g/mol. The van der Waals surface area contributed by atoms with E-state index in [9.17, 15) is 14.4 Å². The van der Waals surface area contributed by atoms with Crippen molar-refractivity contribution in [1.29, 1.82) is 0 Å². The number of carbonyl (C=O) groups is 3. The Labute approximate surface area is 211 Å². The number of pyridine rings is 1. The van der Waals surface area contributed by atoms with Gasteiger partial charge in [0.1, 0.15) is 6.04 Å². The fraction of sp³-hybridized carbons (Fsp3) is 0.357. The van der Waals surface area contributed by atoms with Crippen LogP contribution in [0.3, 0.4) is 0 Å². The van der Waals surface area contributed by atoms with E-state index in [2.05, 4.69) is 15.6 Å². The molecule has 0 bridgehead atoms. The molecule has 1 saturated carbocycles. The summed E-state index contributed by atoms with van der Waals surface area (Å²) in [5.74, 6) is -0.929. The van der Waals surface area contributed by atoms with E-state index in [-0.39, 0.29) is 30.2 Å². The minimum atomic E-state index is -0.841. The summed E-state index contributed by atoms with van der Waals surface area (Å²) in [4.78, 5) is 45.2. The number of aromatic nitrogens is 1. The average molecular weight is 489 g/mol. The van der Waals surface area contributed by atoms with Gasteiger partial charge in [0.2, 0.25) is 11.8 Å². The summed E-state index contributed by atoms with van der Waals surface area (Å²) in [5, 5.41) is 5.80. The molecule has 4 rings (SSSR count). The van der Waals surface area contributed by atoms with Crippen molar-refractivity contribution in [2.75, 3.05) is 13.1 Å². The van der Waals surface area contributed by atoms with Crippen molar-refractivity contribution >= 4 is 17.7 Å². The first kappa shape index (κ1) is 25.2. The van der Waals surface area contributed by atoms with Gasteiger partial charge in [0.05, 0.1) is 12.8 Å². The Bertz CT molecular complexity index is 1110. The molecule has 0 saturated heterocycles. The lowest BCUT2D eigenvalue weighted by Gasteiger charge is -2.33. The van der Waals surface area contributed by atoms with E-state index in [1.54, 1.807) is 35.5 Å². The third kappa shape index (κ3) is 6.81. The van der Waals surface area contributed by atoms with Gasteiger partial charge in [-0.05, 0) is 54.7 Å². The van der Waals surface area contributed by atoms with Gasteiger partial charge in [-0.25, -0.2) is 0 Å². The summed E-state index contributed by atoms with van der Waals surface area (Å²) in [6.07, 6.45) is 10.4. The van der Waals surface area contributed by atoms with Crippen LogP contribution in [-0.2, 0) is 16.0 Å². The molecule has 0 radical (unpaired) electrons. The Balaban J connectivity index is 1.57. The third-order valence-corrected chi connectivity index (χ3v) is 6.48. The van der Waals surface area contributed by atoms with E-state index >= 15 is 0 Å². The summed E-state index contributed by atoms with van der Waals surface area (Å²) in [5.41, 5.74) is 1.73. The molecular formula is C28H32N4O4. The van der Waals surface area contributed by atoms with Gasteiger partial charge in [0.25, 0.3) is 5.91 Å². The zero-order valence-electron chi connectivity index (χ0n) is 20.3. The number of furan rings is 1. The summed E-state index contributed by atoms with van der Waals surface area (Å²) >= 11 is 0. The number of benzene rings is 1. The van der Waals surface area contributed by atoms with E-state index in [0.717, 1.165) is 31.2 Å². The molecule has 188 valence electrons. The lowest BCUT2D eigenvalue weighted by molar-refractivity contribution is -0.140. The molecule has 8 heteroatoms. The van der Waals surface area contributed by atoms with E-state index in [4.69, 9.17) is 4.42 Å². The number of nitrogens with zero attached hydrogens (tertiary/aromatic N) is 2. The largest absolute Gasteiger partial charge is 0.459 e. The molecule has 1 aliphatic rings. The SMILES string of the molecule is O=C(NCC(=O)N(CCc1ccccc1)[C@H](C(=O)NC1CCCCC1)c1ccncc1)c1ccco1. The molecule has 0 unspecified atom stereocenters. The molecule has 2 aromatic heterocycles. The predicted molar refractivity (Wildman–Crippen MR) is 135 cm³/mol. The number of rotatable bonds is 10. The Morgan fingerprint density at radius 1 is 0.972 bits per heavy atom. The van der Waals surface area contributed by atoms with Gasteiger partial charge >= 0.3 is 0 Å². The van der Waals surface area contributed by atoms with Crippen LogP contribution in [0, 0.1) is 0 Å². The van der Waals surface area contributed by atoms with E-state index in [1.807, 2.05) is 30.3 Å². The van der Waals surface area contributed by atoms with Gasteiger partial charge in [0, 0.05) is 25.0 Å². The zero-order chi connectivity index (χ0) is 25.2. The van der Waals surface area contributed by atoms with Gasteiger partial charge in [-0.3, -0.25) is 19.4 Å². The molecule has 8 nitrogen and oxygen atoms in total. The van der Waals surface area contributed by atoms with Gasteiger partial charge in [0.15, 0.2) is 5.76 Å². The maximum atomic E-state index is 13.7. The minimum absolute atomic E-state index is 0.0975. The Morgan fingerprint density at radius 2 is 1.72 bits per heavy atom. The van der Waals surface area contributed by atoms with Crippen LogP contribution < -0.4 is 10.6 Å². The van der Waals surface area contributed by atoms with Crippen LogP contribution in [0.25, 0.3) is 0 Å². The van der Waals surface area contributed by atoms with Crippen molar-refractivity contribution in [1.82, 2.24) is 20.5 Å². The first-order valence-corrected chi connectivity index (χ1v) is 12.5. The lowest BCUT2D eigenvalue weighted by Crippen LogP contribution is -2.50. The van der Waals surface area contributed by atoms with E-state index in [1.165, 1.54) is 18.8 Å². The molecule has 3 aromatic rings. The van der Waals surface area contributed by atoms with Crippen LogP contribution in [0.15, 0.2) is 77.7 Å². The maximum absolute atomic E-state index is 13.7. The number of hydrogen-bond donors (Lipinski definition) is 2. The van der Waals surface area contributed by atoms with Crippen LogP contribution in [0.1, 0.15) is 59.8 Å². The number of nitrogens with one attached hydrogen (secondary N) is 2. The van der Waals surface area contributed by atoms with Crippen molar-refractivity contribution in [2.45, 2.75) is 50.6 Å². The smallest absolute Gasteiger partial charge is 0.287 e. The van der Waals surface area contributed by atoms with Crippen LogP contribution in [0.5, 0.6) is 0 Å². The Hall–Kier alpha value is -3.94. The minimum Gasteiger partial charge on any atom is -0.459 e. The van der Waals surface area contributed by atoms with Crippen molar-refractivity contribution in [3.05, 3.63) is 90.1 Å². The lowest BCUT2D eigenvalue weighted by atomic mass is 9.94. The molecule has 0 aliphatic heterocycles. The van der Waals surface area contributed by atoms with Crippen molar-refractivity contribution in [3.8, 4) is 0 Å². The topological polar surface area (TPSA) is 105 Å². The highest BCUT2D eigenvalue weighted by atomic mass is 16.3. The van der Waals surface area contributed by atoms with Crippen molar-refractivity contribution in [2.24, 2.45) is 0 Å². The van der Waals surface area contributed by atoms with Crippen LogP contribution in [0.2, 0.25) is 0 Å². The van der Waals surface area contributed by atoms with Gasteiger partial charge in [-0.1, -0.05) is 49.6 Å². The first-order chi connectivity index (χ1) is 17.6. The number of carbonyl (C=O) groups excluding carboxylic acids is 3. The first-order valence-electron chi connectivity index (χ1n) is 12.5. The maximum Gasteiger partial charge on any atom is 0.287 e. The molecule has 1 aliphatic carbocycles. The summed E-state index contributed by atoms with van der Waals surface area (Å²) < 4.78 is 5.12. The standard InChI is InChI=1S/C28H32N4O4/c33-25(20-30-27(34)24-12-7-19-36-24)32(18-15-21-8-3-1-4-9-21)26(22-13-16-29-17-14-22)28(35)31-23-10-5-2-6-11-23/h1,3-4,7-9,12-14,16-17,19,23,26H,2,5-6,10-11,15,18,20H2,(H,30,34)(H,31,35)/t26-/m0/s1. The fourth-order valence-electron chi connectivity index (χ4n) is 4.59. The summed E-state index contributed by atoms with van der Waals surface area (Å²) in [6, 6.07) is 15.7. The molecule has 1 fully saturated rings. The molecule has 0 spiro atoms. The summed E-state index contributed by atoms with van der Waals surface area (Å²) in [7, 11) is 0. The quantitative estimate of drug-likeness (QED) is 0.453. The second kappa shape index (κ2) is 12.7. The van der Waals surface area contributed by atoms with E-state index < -0.39 is 11.9 Å². The van der Waals surface area contributed by atoms with Crippen LogP contribution in [0.4, 0.5) is 0 Å².